The molecular formula is C22H21FN2O3S. The predicted octanol–water partition coefficient (Wildman–Crippen LogP) is 4.04. The number of aromatic nitrogens is 1. The fourth-order valence-electron chi connectivity index (χ4n) is 3.85. The number of anilines is 1. The number of pyridine rings is 1. The highest BCUT2D eigenvalue weighted by Crippen LogP contribution is 2.35. The molecule has 29 heavy (non-hydrogen) atoms. The summed E-state index contributed by atoms with van der Waals surface area (Å²) in [6, 6.07) is 6.75. The van der Waals surface area contributed by atoms with Gasteiger partial charge in [-0.2, -0.15) is 0 Å². The molecule has 1 saturated heterocycles. The van der Waals surface area contributed by atoms with Gasteiger partial charge in [0.1, 0.15) is 11.6 Å². The van der Waals surface area contributed by atoms with Gasteiger partial charge in [0.05, 0.1) is 11.2 Å². The van der Waals surface area contributed by atoms with E-state index in [0.717, 1.165) is 16.7 Å². The second-order valence-electron chi connectivity index (χ2n) is 7.85. The second-order valence-corrected chi connectivity index (χ2v) is 8.89. The van der Waals surface area contributed by atoms with Crippen LogP contribution in [0.3, 0.4) is 0 Å². The molecule has 5 nitrogen and oxygen atoms in total. The third-order valence-electron chi connectivity index (χ3n) is 5.70. The summed E-state index contributed by atoms with van der Waals surface area (Å²) in [6.45, 7) is 0.429. The summed E-state index contributed by atoms with van der Waals surface area (Å²) in [5.41, 5.74) is 1.29. The van der Waals surface area contributed by atoms with Gasteiger partial charge in [-0.25, -0.2) is 9.37 Å². The summed E-state index contributed by atoms with van der Waals surface area (Å²) in [4.78, 5) is 30.7. The first kappa shape index (κ1) is 18.6. The molecule has 5 rings (SSSR count). The van der Waals surface area contributed by atoms with Gasteiger partial charge in [-0.15, -0.1) is 11.8 Å². The number of hydrogen-bond donors (Lipinski definition) is 0. The maximum atomic E-state index is 14.4. The molecule has 3 aliphatic rings. The third kappa shape index (κ3) is 3.75. The van der Waals surface area contributed by atoms with Crippen molar-refractivity contribution in [2.75, 3.05) is 17.2 Å². The van der Waals surface area contributed by atoms with Gasteiger partial charge >= 0.3 is 0 Å². The number of thioether (sulfide) groups is 1. The molecule has 1 aromatic carbocycles. The van der Waals surface area contributed by atoms with Gasteiger partial charge in [-0.1, -0.05) is 0 Å². The van der Waals surface area contributed by atoms with Crippen LogP contribution in [0.2, 0.25) is 0 Å². The number of ether oxygens (including phenoxy) is 1. The molecule has 1 atom stereocenters. The minimum absolute atomic E-state index is 0.0640. The summed E-state index contributed by atoms with van der Waals surface area (Å²) in [5.74, 6) is 1.79. The average Bonchev–Trinajstić information content (AvgIpc) is 3.38. The van der Waals surface area contributed by atoms with Crippen LogP contribution in [-0.4, -0.2) is 35.1 Å². The monoisotopic (exact) mass is 412 g/mol. The molecule has 2 aromatic rings. The molecule has 0 N–H and O–H groups in total. The zero-order valence-corrected chi connectivity index (χ0v) is 16.7. The Bertz CT molecular complexity index is 975. The lowest BCUT2D eigenvalue weighted by Gasteiger charge is -2.18. The van der Waals surface area contributed by atoms with Crippen LogP contribution in [0.1, 0.15) is 41.6 Å². The van der Waals surface area contributed by atoms with Crippen LogP contribution in [0.5, 0.6) is 5.75 Å². The number of carbonyl (C=O) groups is 2. The fraction of sp³-hybridized carbons (Fsp3) is 0.409. The van der Waals surface area contributed by atoms with E-state index in [9.17, 15) is 14.0 Å². The third-order valence-corrected chi connectivity index (χ3v) is 6.88. The maximum absolute atomic E-state index is 14.4. The van der Waals surface area contributed by atoms with Crippen molar-refractivity contribution >= 4 is 29.1 Å². The van der Waals surface area contributed by atoms with E-state index in [1.54, 1.807) is 24.0 Å². The Hall–Kier alpha value is -2.41. The molecule has 0 unspecified atom stereocenters. The topological polar surface area (TPSA) is 59.5 Å². The number of fused-ring (bicyclic) bond motifs is 1. The van der Waals surface area contributed by atoms with E-state index in [2.05, 4.69) is 4.98 Å². The van der Waals surface area contributed by atoms with Crippen LogP contribution < -0.4 is 9.64 Å². The molecule has 7 heteroatoms. The smallest absolute Gasteiger partial charge is 0.268 e. The minimum Gasteiger partial charge on any atom is -0.479 e. The largest absolute Gasteiger partial charge is 0.479 e. The van der Waals surface area contributed by atoms with Gasteiger partial charge < -0.3 is 9.64 Å². The Labute approximate surface area is 172 Å². The van der Waals surface area contributed by atoms with Gasteiger partial charge in [0.2, 0.25) is 0 Å². The van der Waals surface area contributed by atoms with Crippen molar-refractivity contribution in [1.29, 1.82) is 0 Å². The Morgan fingerprint density at radius 3 is 2.79 bits per heavy atom. The van der Waals surface area contributed by atoms with Crippen molar-refractivity contribution in [2.24, 2.45) is 5.92 Å². The van der Waals surface area contributed by atoms with Crippen molar-refractivity contribution in [3.8, 4) is 5.75 Å². The summed E-state index contributed by atoms with van der Waals surface area (Å²) in [5, 5.41) is 0.960. The van der Waals surface area contributed by atoms with E-state index >= 15 is 0 Å². The number of halogens is 1. The van der Waals surface area contributed by atoms with Crippen molar-refractivity contribution in [2.45, 2.75) is 43.2 Å². The molecule has 0 radical (unpaired) electrons. The number of ketones is 1. The summed E-state index contributed by atoms with van der Waals surface area (Å²) >= 11 is 1.75. The van der Waals surface area contributed by atoms with Gasteiger partial charge in [0.25, 0.3) is 5.91 Å². The predicted molar refractivity (Wildman–Crippen MR) is 108 cm³/mol. The van der Waals surface area contributed by atoms with Gasteiger partial charge in [0.15, 0.2) is 11.9 Å². The Morgan fingerprint density at radius 1 is 1.17 bits per heavy atom. The molecule has 2 aliphatic carbocycles. The highest BCUT2D eigenvalue weighted by Gasteiger charge is 2.36. The molecule has 1 saturated carbocycles. The number of hydrogen-bond acceptors (Lipinski definition) is 5. The molecule has 0 bridgehead atoms. The van der Waals surface area contributed by atoms with Crippen LogP contribution in [0, 0.1) is 11.7 Å². The number of nitrogens with zero attached hydrogens (tertiary/aromatic N) is 2. The molecule has 0 spiro atoms. The lowest BCUT2D eigenvalue weighted by molar-refractivity contribution is -0.122. The van der Waals surface area contributed by atoms with Crippen LogP contribution in [0.15, 0.2) is 35.5 Å². The molecule has 2 fully saturated rings. The van der Waals surface area contributed by atoms with Crippen molar-refractivity contribution < 1.29 is 18.7 Å². The Balaban J connectivity index is 1.26. The van der Waals surface area contributed by atoms with Crippen LogP contribution in [0.25, 0.3) is 0 Å². The normalized spacial score (nSPS) is 21.0. The molecule has 1 aliphatic heterocycles. The van der Waals surface area contributed by atoms with Crippen molar-refractivity contribution in [1.82, 2.24) is 4.98 Å². The molecule has 1 aromatic heterocycles. The highest BCUT2D eigenvalue weighted by molar-refractivity contribution is 7.99. The number of rotatable bonds is 6. The Morgan fingerprint density at radius 2 is 2.03 bits per heavy atom. The number of carbonyl (C=O) groups excluding carboxylic acids is 2. The number of benzene rings is 1. The first-order chi connectivity index (χ1) is 14.1. The van der Waals surface area contributed by atoms with E-state index in [-0.39, 0.29) is 11.7 Å². The van der Waals surface area contributed by atoms with Gasteiger partial charge in [-0.05, 0) is 55.0 Å². The number of amides is 1. The molecule has 150 valence electrons. The zero-order valence-electron chi connectivity index (χ0n) is 15.9. The zero-order chi connectivity index (χ0) is 20.0. The first-order valence-electron chi connectivity index (χ1n) is 10.0. The van der Waals surface area contributed by atoms with E-state index in [1.165, 1.54) is 23.8 Å². The summed E-state index contributed by atoms with van der Waals surface area (Å²) < 4.78 is 20.2. The van der Waals surface area contributed by atoms with E-state index < -0.39 is 11.9 Å². The fourth-order valence-corrected chi connectivity index (χ4v) is 4.88. The second kappa shape index (κ2) is 7.44. The van der Waals surface area contributed by atoms with E-state index in [0.29, 0.717) is 48.4 Å². The standard InChI is InChI=1S/C22H21FN2O3S/c23-18-10-14(9-17-16(18)4-5-19(17)26)25-8-7-20(22(25)27)28-15-3-6-21(24-11-15)29-12-13-1-2-13/h3,6,9-11,13,20H,1-2,4-5,7-8,12H2/t20-/m1/s1. The maximum Gasteiger partial charge on any atom is 0.268 e. The lowest BCUT2D eigenvalue weighted by atomic mass is 10.1. The minimum atomic E-state index is -0.631. The van der Waals surface area contributed by atoms with Crippen LogP contribution in [0.4, 0.5) is 10.1 Å². The quantitative estimate of drug-likeness (QED) is 0.671. The van der Waals surface area contributed by atoms with E-state index in [1.807, 2.05) is 12.1 Å². The average molecular weight is 412 g/mol. The van der Waals surface area contributed by atoms with Crippen LogP contribution in [-0.2, 0) is 11.2 Å². The van der Waals surface area contributed by atoms with E-state index in [4.69, 9.17) is 4.74 Å². The van der Waals surface area contributed by atoms with Gasteiger partial charge in [0, 0.05) is 36.4 Å². The summed E-state index contributed by atoms with van der Waals surface area (Å²) in [6.07, 6.45) is 4.92. The summed E-state index contributed by atoms with van der Waals surface area (Å²) in [7, 11) is 0. The molecular weight excluding hydrogens is 391 g/mol. The molecule has 1 amide bonds. The Kier molecular flexibility index (Phi) is 4.78. The first-order valence-corrected chi connectivity index (χ1v) is 11.0. The number of Topliss-reactive ketones (excluding diaryl/α,β-unsaturated/α-hetero) is 1. The molecule has 2 heterocycles. The van der Waals surface area contributed by atoms with Gasteiger partial charge in [-0.3, -0.25) is 9.59 Å². The van der Waals surface area contributed by atoms with Crippen LogP contribution >= 0.6 is 11.8 Å². The van der Waals surface area contributed by atoms with Crippen molar-refractivity contribution in [3.63, 3.8) is 0 Å². The SMILES string of the molecule is O=C1CCc2c(F)cc(N3CC[C@@H](Oc4ccc(SCC5CC5)nc4)C3=O)cc21. The highest BCUT2D eigenvalue weighted by atomic mass is 32.2. The van der Waals surface area contributed by atoms with Crippen molar-refractivity contribution in [3.05, 3.63) is 47.4 Å². The lowest BCUT2D eigenvalue weighted by Crippen LogP contribution is -2.32.